The van der Waals surface area contributed by atoms with Gasteiger partial charge in [-0.15, -0.1) is 0 Å². The minimum atomic E-state index is 0.0773. The summed E-state index contributed by atoms with van der Waals surface area (Å²) in [5.41, 5.74) is 6.84. The number of fused-ring (bicyclic) bond motifs is 1. The third kappa shape index (κ3) is 3.07. The van der Waals surface area contributed by atoms with E-state index in [1.54, 1.807) is 0 Å². The van der Waals surface area contributed by atoms with Crippen LogP contribution in [0.4, 0.5) is 0 Å². The summed E-state index contributed by atoms with van der Waals surface area (Å²) in [5.74, 6) is 0. The van der Waals surface area contributed by atoms with E-state index in [-0.39, 0.29) is 5.41 Å². The molecule has 3 rings (SSSR count). The molecule has 1 aliphatic rings. The van der Waals surface area contributed by atoms with Gasteiger partial charge in [-0.25, -0.2) is 0 Å². The molecule has 0 aromatic heterocycles. The maximum absolute atomic E-state index is 2.33. The van der Waals surface area contributed by atoms with Gasteiger partial charge in [-0.3, -0.25) is 0 Å². The summed E-state index contributed by atoms with van der Waals surface area (Å²) in [4.78, 5) is 0. The highest BCUT2D eigenvalue weighted by Crippen LogP contribution is 2.49. The van der Waals surface area contributed by atoms with Gasteiger partial charge in [0.05, 0.1) is 0 Å². The number of hydrogen-bond donors (Lipinski definition) is 0. The van der Waals surface area contributed by atoms with Gasteiger partial charge in [-0.1, -0.05) is 74.5 Å². The molecule has 0 saturated carbocycles. The van der Waals surface area contributed by atoms with E-state index in [2.05, 4.69) is 116 Å². The van der Waals surface area contributed by atoms with Crippen LogP contribution in [0.25, 0.3) is 11.6 Å². The Hall–Kier alpha value is -1.61. The van der Waals surface area contributed by atoms with Crippen molar-refractivity contribution in [1.82, 2.24) is 0 Å². The van der Waals surface area contributed by atoms with Crippen molar-refractivity contribution in [2.75, 3.05) is 0 Å². The summed E-state index contributed by atoms with van der Waals surface area (Å²) in [6.07, 6.45) is 8.84. The Labute approximate surface area is 152 Å². The van der Waals surface area contributed by atoms with Gasteiger partial charge in [-0.2, -0.15) is 0 Å². The Kier molecular flexibility index (Phi) is 4.58. The van der Waals surface area contributed by atoms with E-state index >= 15 is 0 Å². The van der Waals surface area contributed by atoms with Gasteiger partial charge >= 0.3 is 0 Å². The second-order valence-corrected chi connectivity index (χ2v) is 7.61. The van der Waals surface area contributed by atoms with Crippen LogP contribution in [-0.2, 0) is 5.41 Å². The molecule has 0 heterocycles. The zero-order valence-corrected chi connectivity index (χ0v) is 16.0. The van der Waals surface area contributed by atoms with Crippen molar-refractivity contribution >= 4 is 34.2 Å². The molecule has 116 valence electrons. The van der Waals surface area contributed by atoms with Crippen LogP contribution in [0.5, 0.6) is 0 Å². The lowest BCUT2D eigenvalue weighted by Gasteiger charge is -2.21. The number of halogens is 1. The first kappa shape index (κ1) is 16.3. The highest BCUT2D eigenvalue weighted by atomic mass is 127. The van der Waals surface area contributed by atoms with E-state index in [4.69, 9.17) is 0 Å². The Morgan fingerprint density at radius 1 is 0.957 bits per heavy atom. The van der Waals surface area contributed by atoms with Gasteiger partial charge < -0.3 is 0 Å². The van der Waals surface area contributed by atoms with Gasteiger partial charge in [0.2, 0.25) is 0 Å². The molecule has 0 radical (unpaired) electrons. The third-order valence-corrected chi connectivity index (χ3v) is 5.28. The van der Waals surface area contributed by atoms with Crippen molar-refractivity contribution in [2.24, 2.45) is 0 Å². The molecule has 2 aromatic carbocycles. The summed E-state index contributed by atoms with van der Waals surface area (Å²) in [5, 5.41) is 0. The number of rotatable bonds is 2. The van der Waals surface area contributed by atoms with Gasteiger partial charge in [0.1, 0.15) is 0 Å². The SMILES string of the molecule is C\C=C1/C(=C\C=C\c2ccc(I)cc2)c2ccccc2C1(C)C. The van der Waals surface area contributed by atoms with Gasteiger partial charge in [-0.05, 0) is 69.5 Å². The number of benzene rings is 2. The topological polar surface area (TPSA) is 0 Å². The van der Waals surface area contributed by atoms with E-state index in [1.165, 1.54) is 31.4 Å². The van der Waals surface area contributed by atoms with Gasteiger partial charge in [0.15, 0.2) is 0 Å². The van der Waals surface area contributed by atoms with E-state index in [1.807, 2.05) is 0 Å². The zero-order valence-electron chi connectivity index (χ0n) is 13.8. The Balaban J connectivity index is 1.99. The maximum Gasteiger partial charge on any atom is 0.0155 e. The van der Waals surface area contributed by atoms with Crippen LogP contribution in [0.15, 0.2) is 72.3 Å². The van der Waals surface area contributed by atoms with Crippen molar-refractivity contribution < 1.29 is 0 Å². The first-order valence-electron chi connectivity index (χ1n) is 7.95. The summed E-state index contributed by atoms with van der Waals surface area (Å²) in [6.45, 7) is 6.76. The first-order valence-corrected chi connectivity index (χ1v) is 9.03. The fourth-order valence-corrected chi connectivity index (χ4v) is 3.77. The van der Waals surface area contributed by atoms with E-state index in [0.29, 0.717) is 0 Å². The number of allylic oxidation sites excluding steroid dienone is 5. The fraction of sp³-hybridized carbons (Fsp3) is 0.182. The Morgan fingerprint density at radius 3 is 2.35 bits per heavy atom. The molecule has 0 N–H and O–H groups in total. The molecular formula is C22H21I. The predicted molar refractivity (Wildman–Crippen MR) is 109 cm³/mol. The standard InChI is InChI=1S/C22H21I/c1-4-20-18(10-7-8-16-12-14-17(23)15-13-16)19-9-5-6-11-21(19)22(20,2)3/h4-15H,1-3H3/b8-7+,18-10-,20-4+. The highest BCUT2D eigenvalue weighted by Gasteiger charge is 2.36. The molecule has 1 heteroatoms. The molecule has 2 aromatic rings. The summed E-state index contributed by atoms with van der Waals surface area (Å²) < 4.78 is 1.26. The maximum atomic E-state index is 2.33. The Bertz CT molecular complexity index is 802. The first-order chi connectivity index (χ1) is 11.0. The molecular weight excluding hydrogens is 391 g/mol. The molecule has 0 saturated heterocycles. The molecule has 0 unspecified atom stereocenters. The molecule has 23 heavy (non-hydrogen) atoms. The van der Waals surface area contributed by atoms with Crippen LogP contribution in [0.2, 0.25) is 0 Å². The summed E-state index contributed by atoms with van der Waals surface area (Å²) >= 11 is 2.33. The predicted octanol–water partition coefficient (Wildman–Crippen LogP) is 6.63. The molecule has 0 amide bonds. The van der Waals surface area contributed by atoms with Crippen LogP contribution >= 0.6 is 22.6 Å². The second-order valence-electron chi connectivity index (χ2n) is 6.36. The van der Waals surface area contributed by atoms with Crippen LogP contribution in [0.3, 0.4) is 0 Å². The highest BCUT2D eigenvalue weighted by molar-refractivity contribution is 14.1. The lowest BCUT2D eigenvalue weighted by molar-refractivity contribution is 0.659. The molecule has 0 nitrogen and oxygen atoms in total. The van der Waals surface area contributed by atoms with Crippen LogP contribution < -0.4 is 0 Å². The Morgan fingerprint density at radius 2 is 1.65 bits per heavy atom. The number of hydrogen-bond acceptors (Lipinski definition) is 0. The molecule has 0 fully saturated rings. The van der Waals surface area contributed by atoms with Crippen molar-refractivity contribution in [2.45, 2.75) is 26.2 Å². The average molecular weight is 412 g/mol. The van der Waals surface area contributed by atoms with Gasteiger partial charge in [0.25, 0.3) is 0 Å². The monoisotopic (exact) mass is 412 g/mol. The summed E-state index contributed by atoms with van der Waals surface area (Å²) in [6, 6.07) is 17.3. The van der Waals surface area contributed by atoms with E-state index < -0.39 is 0 Å². The van der Waals surface area contributed by atoms with E-state index in [9.17, 15) is 0 Å². The smallest absolute Gasteiger partial charge is 0.0155 e. The van der Waals surface area contributed by atoms with Crippen molar-refractivity contribution in [1.29, 1.82) is 0 Å². The molecule has 0 bridgehead atoms. The third-order valence-electron chi connectivity index (χ3n) is 4.56. The van der Waals surface area contributed by atoms with Crippen LogP contribution in [0.1, 0.15) is 37.5 Å². The normalized spacial score (nSPS) is 19.7. The molecule has 1 aliphatic carbocycles. The van der Waals surface area contributed by atoms with Crippen molar-refractivity contribution in [3.63, 3.8) is 0 Å². The minimum Gasteiger partial charge on any atom is -0.0829 e. The largest absolute Gasteiger partial charge is 0.0829 e. The van der Waals surface area contributed by atoms with Gasteiger partial charge in [0, 0.05) is 8.99 Å². The summed E-state index contributed by atoms with van der Waals surface area (Å²) in [7, 11) is 0. The molecule has 0 atom stereocenters. The van der Waals surface area contributed by atoms with E-state index in [0.717, 1.165) is 0 Å². The molecule has 0 spiro atoms. The molecule has 0 aliphatic heterocycles. The lowest BCUT2D eigenvalue weighted by Crippen LogP contribution is -2.14. The fourth-order valence-electron chi connectivity index (χ4n) is 3.42. The second kappa shape index (κ2) is 6.48. The minimum absolute atomic E-state index is 0.0773. The lowest BCUT2D eigenvalue weighted by atomic mass is 9.82. The quantitative estimate of drug-likeness (QED) is 0.486. The van der Waals surface area contributed by atoms with Crippen molar-refractivity contribution in [3.05, 3.63) is 92.6 Å². The van der Waals surface area contributed by atoms with Crippen LogP contribution in [-0.4, -0.2) is 0 Å². The zero-order chi connectivity index (χ0) is 16.4. The van der Waals surface area contributed by atoms with Crippen LogP contribution in [0, 0.1) is 3.57 Å². The average Bonchev–Trinajstić information content (AvgIpc) is 2.77. The van der Waals surface area contributed by atoms with Crippen molar-refractivity contribution in [3.8, 4) is 0 Å².